The minimum Gasteiger partial charge on any atom is -0.480 e. The van der Waals surface area contributed by atoms with Gasteiger partial charge in [0.1, 0.15) is 11.2 Å². The molecule has 2 aromatic heterocycles. The summed E-state index contributed by atoms with van der Waals surface area (Å²) in [5, 5.41) is 12.1. The van der Waals surface area contributed by atoms with Gasteiger partial charge in [0.15, 0.2) is 5.65 Å². The van der Waals surface area contributed by atoms with Crippen LogP contribution in [0, 0.1) is 5.41 Å². The number of allylic oxidation sites excluding steroid dienone is 2. The Labute approximate surface area is 126 Å². The van der Waals surface area contributed by atoms with Crippen molar-refractivity contribution < 1.29 is 14.7 Å². The molecule has 7 nitrogen and oxygen atoms in total. The fourth-order valence-corrected chi connectivity index (χ4v) is 2.64. The maximum Gasteiger partial charge on any atom is 0.319 e. The highest BCUT2D eigenvalue weighted by molar-refractivity contribution is 6.02. The summed E-state index contributed by atoms with van der Waals surface area (Å²) in [6.07, 6.45) is 6.41. The van der Waals surface area contributed by atoms with E-state index in [2.05, 4.69) is 20.3 Å². The second-order valence-corrected chi connectivity index (χ2v) is 5.34. The molecule has 2 heterocycles. The van der Waals surface area contributed by atoms with Crippen LogP contribution in [0.5, 0.6) is 0 Å². The number of H-pyrrole nitrogens is 1. The number of aromatic amines is 1. The summed E-state index contributed by atoms with van der Waals surface area (Å²) in [5.74, 6) is -1.01. The highest BCUT2D eigenvalue weighted by atomic mass is 16.4. The summed E-state index contributed by atoms with van der Waals surface area (Å²) >= 11 is 0. The molecule has 0 aromatic carbocycles. The van der Waals surface area contributed by atoms with Crippen LogP contribution in [0.4, 0.5) is 0 Å². The highest BCUT2D eigenvalue weighted by Crippen LogP contribution is 2.33. The monoisotopic (exact) mass is 300 g/mol. The van der Waals surface area contributed by atoms with Crippen molar-refractivity contribution >= 4 is 23.0 Å². The average Bonchev–Trinajstić information content (AvgIpc) is 2.96. The Morgan fingerprint density at radius 1 is 1.41 bits per heavy atom. The van der Waals surface area contributed by atoms with Crippen LogP contribution in [0.2, 0.25) is 0 Å². The molecule has 2 aromatic rings. The number of carboxylic acids is 1. The van der Waals surface area contributed by atoms with Gasteiger partial charge in [-0.15, -0.1) is 0 Å². The Morgan fingerprint density at radius 2 is 2.27 bits per heavy atom. The minimum atomic E-state index is -1.38. The van der Waals surface area contributed by atoms with E-state index in [1.54, 1.807) is 18.3 Å². The lowest BCUT2D eigenvalue weighted by Gasteiger charge is -2.28. The number of amides is 1. The number of pyridine rings is 1. The predicted molar refractivity (Wildman–Crippen MR) is 78.8 cm³/mol. The van der Waals surface area contributed by atoms with Gasteiger partial charge in [-0.1, -0.05) is 12.2 Å². The summed E-state index contributed by atoms with van der Waals surface area (Å²) < 4.78 is 0. The van der Waals surface area contributed by atoms with Gasteiger partial charge < -0.3 is 15.4 Å². The standard InChI is InChI=1S/C15H16N4O3/c20-13(15(14(21)22)6-2-1-3-7-15)17-9-11-18-10-5-4-8-16-12(10)19-11/h1-2,4-5,8H,3,6-7,9H2,(H,17,20)(H,21,22)(H,16,18,19). The summed E-state index contributed by atoms with van der Waals surface area (Å²) in [6.45, 7) is 0.147. The van der Waals surface area contributed by atoms with Gasteiger partial charge in [-0.25, -0.2) is 9.97 Å². The molecule has 0 spiro atoms. The van der Waals surface area contributed by atoms with Crippen molar-refractivity contribution in [2.24, 2.45) is 5.41 Å². The maximum atomic E-state index is 12.4. The number of nitrogens with zero attached hydrogens (tertiary/aromatic N) is 2. The lowest BCUT2D eigenvalue weighted by atomic mass is 9.76. The first kappa shape index (κ1) is 14.2. The van der Waals surface area contributed by atoms with Crippen LogP contribution in [-0.2, 0) is 16.1 Å². The number of aromatic nitrogens is 3. The molecule has 1 aliphatic rings. The van der Waals surface area contributed by atoms with E-state index in [4.69, 9.17) is 0 Å². The lowest BCUT2D eigenvalue weighted by Crippen LogP contribution is -2.47. The van der Waals surface area contributed by atoms with Crippen molar-refractivity contribution in [1.82, 2.24) is 20.3 Å². The first-order valence-corrected chi connectivity index (χ1v) is 7.08. The molecule has 1 amide bonds. The van der Waals surface area contributed by atoms with Crippen molar-refractivity contribution in [1.29, 1.82) is 0 Å². The quantitative estimate of drug-likeness (QED) is 0.584. The Balaban J connectivity index is 1.73. The Kier molecular flexibility index (Phi) is 3.62. The predicted octanol–water partition coefficient (Wildman–Crippen LogP) is 1.39. The van der Waals surface area contributed by atoms with Crippen LogP contribution in [0.15, 0.2) is 30.5 Å². The second kappa shape index (κ2) is 5.59. The van der Waals surface area contributed by atoms with Crippen molar-refractivity contribution in [3.63, 3.8) is 0 Å². The number of hydrogen-bond donors (Lipinski definition) is 3. The minimum absolute atomic E-state index is 0.147. The fourth-order valence-electron chi connectivity index (χ4n) is 2.64. The van der Waals surface area contributed by atoms with Gasteiger partial charge in [0.25, 0.3) is 0 Å². The van der Waals surface area contributed by atoms with Crippen LogP contribution in [0.3, 0.4) is 0 Å². The zero-order chi connectivity index (χ0) is 15.6. The number of fused-ring (bicyclic) bond motifs is 1. The van der Waals surface area contributed by atoms with Gasteiger partial charge in [0, 0.05) is 6.20 Å². The van der Waals surface area contributed by atoms with Crippen LogP contribution in [0.1, 0.15) is 25.1 Å². The molecule has 0 saturated carbocycles. The van der Waals surface area contributed by atoms with E-state index in [0.29, 0.717) is 24.3 Å². The smallest absolute Gasteiger partial charge is 0.319 e. The number of nitrogens with one attached hydrogen (secondary N) is 2. The molecule has 1 aliphatic carbocycles. The maximum absolute atomic E-state index is 12.4. The van der Waals surface area contributed by atoms with E-state index in [9.17, 15) is 14.7 Å². The first-order chi connectivity index (χ1) is 10.6. The number of rotatable bonds is 4. The fraction of sp³-hybridized carbons (Fsp3) is 0.333. The number of carboxylic acid groups (broad SMARTS) is 1. The SMILES string of the molecule is O=C(O)C1(C(=O)NCc2nc3ncccc3[nH]2)CC=CCC1. The number of imidazole rings is 1. The van der Waals surface area contributed by atoms with Crippen LogP contribution < -0.4 is 5.32 Å². The zero-order valence-electron chi connectivity index (χ0n) is 11.9. The molecule has 0 radical (unpaired) electrons. The molecule has 114 valence electrons. The molecule has 1 unspecified atom stereocenters. The van der Waals surface area contributed by atoms with Crippen LogP contribution in [-0.4, -0.2) is 31.9 Å². The van der Waals surface area contributed by atoms with E-state index in [1.807, 2.05) is 12.1 Å². The summed E-state index contributed by atoms with van der Waals surface area (Å²) in [7, 11) is 0. The summed E-state index contributed by atoms with van der Waals surface area (Å²) in [4.78, 5) is 35.3. The third-order valence-corrected chi connectivity index (χ3v) is 3.94. The van der Waals surface area contributed by atoms with Gasteiger partial charge in [-0.05, 0) is 31.4 Å². The van der Waals surface area contributed by atoms with Crippen molar-refractivity contribution in [2.75, 3.05) is 0 Å². The molecular formula is C15H16N4O3. The van der Waals surface area contributed by atoms with Crippen LogP contribution in [0.25, 0.3) is 11.2 Å². The van der Waals surface area contributed by atoms with Gasteiger partial charge in [-0.2, -0.15) is 0 Å². The Hall–Kier alpha value is -2.70. The Bertz CT molecular complexity index is 719. The second-order valence-electron chi connectivity index (χ2n) is 5.34. The largest absolute Gasteiger partial charge is 0.480 e. The zero-order valence-corrected chi connectivity index (χ0v) is 11.9. The van der Waals surface area contributed by atoms with E-state index in [-0.39, 0.29) is 13.0 Å². The molecule has 1 atom stereocenters. The van der Waals surface area contributed by atoms with Crippen molar-refractivity contribution in [3.05, 3.63) is 36.3 Å². The third-order valence-electron chi connectivity index (χ3n) is 3.94. The molecule has 0 aliphatic heterocycles. The van der Waals surface area contributed by atoms with Crippen molar-refractivity contribution in [3.8, 4) is 0 Å². The van der Waals surface area contributed by atoms with Gasteiger partial charge in [0.05, 0.1) is 12.1 Å². The molecule has 0 fully saturated rings. The lowest BCUT2D eigenvalue weighted by molar-refractivity contribution is -0.156. The molecular weight excluding hydrogens is 284 g/mol. The van der Waals surface area contributed by atoms with Gasteiger partial charge in [-0.3, -0.25) is 9.59 Å². The third kappa shape index (κ3) is 2.45. The average molecular weight is 300 g/mol. The number of hydrogen-bond acceptors (Lipinski definition) is 4. The Morgan fingerprint density at radius 3 is 2.95 bits per heavy atom. The molecule has 3 N–H and O–H groups in total. The highest BCUT2D eigenvalue weighted by Gasteiger charge is 2.45. The molecule has 22 heavy (non-hydrogen) atoms. The molecule has 3 rings (SSSR count). The van der Waals surface area contributed by atoms with Crippen LogP contribution >= 0.6 is 0 Å². The van der Waals surface area contributed by atoms with Gasteiger partial charge in [0.2, 0.25) is 5.91 Å². The molecule has 7 heteroatoms. The first-order valence-electron chi connectivity index (χ1n) is 7.08. The number of carbonyl (C=O) groups excluding carboxylic acids is 1. The normalized spacial score (nSPS) is 20.9. The number of carbonyl (C=O) groups is 2. The summed E-state index contributed by atoms with van der Waals surface area (Å²) in [5.41, 5.74) is -0.0282. The number of aliphatic carboxylic acids is 1. The van der Waals surface area contributed by atoms with E-state index in [0.717, 1.165) is 5.52 Å². The topological polar surface area (TPSA) is 108 Å². The molecule has 0 saturated heterocycles. The van der Waals surface area contributed by atoms with E-state index in [1.165, 1.54) is 0 Å². The van der Waals surface area contributed by atoms with Crippen molar-refractivity contribution in [2.45, 2.75) is 25.8 Å². The van der Waals surface area contributed by atoms with Gasteiger partial charge >= 0.3 is 5.97 Å². The van der Waals surface area contributed by atoms with E-state index >= 15 is 0 Å². The van der Waals surface area contributed by atoms with E-state index < -0.39 is 17.3 Å². The summed E-state index contributed by atoms with van der Waals surface area (Å²) in [6, 6.07) is 3.63. The molecule has 0 bridgehead atoms.